The highest BCUT2D eigenvalue weighted by molar-refractivity contribution is 5.80. The van der Waals surface area contributed by atoms with Crippen molar-refractivity contribution in [2.75, 3.05) is 0 Å². The van der Waals surface area contributed by atoms with Crippen LogP contribution in [0.3, 0.4) is 0 Å². The Morgan fingerprint density at radius 3 is 1.95 bits per heavy atom. The molecule has 5 atom stereocenters. The van der Waals surface area contributed by atoms with Gasteiger partial charge in [0.1, 0.15) is 5.78 Å². The van der Waals surface area contributed by atoms with Gasteiger partial charge in [0.05, 0.1) is 0 Å². The molecule has 0 spiro atoms. The minimum Gasteiger partial charge on any atom is -0.300 e. The number of rotatable bonds is 1. The molecule has 2 heterocycles. The van der Waals surface area contributed by atoms with Crippen LogP contribution in [-0.4, -0.2) is 28.8 Å². The zero-order chi connectivity index (χ0) is 12.8. The van der Waals surface area contributed by atoms with Crippen molar-refractivity contribution in [3.8, 4) is 0 Å². The molecule has 4 bridgehead atoms. The minimum atomic E-state index is 0.543. The molecule has 0 aromatic heterocycles. The summed E-state index contributed by atoms with van der Waals surface area (Å²) < 4.78 is 0. The van der Waals surface area contributed by atoms with Crippen LogP contribution in [0.1, 0.15) is 70.6 Å². The number of hydrogen-bond acceptors (Lipinski definition) is 2. The minimum absolute atomic E-state index is 0.543. The van der Waals surface area contributed by atoms with Crippen molar-refractivity contribution in [3.05, 3.63) is 0 Å². The second-order valence-electron chi connectivity index (χ2n) is 7.66. The monoisotopic (exact) mass is 261 g/mol. The van der Waals surface area contributed by atoms with Crippen LogP contribution in [0.25, 0.3) is 0 Å². The van der Waals surface area contributed by atoms with E-state index in [1.165, 1.54) is 57.8 Å². The molecule has 2 saturated carbocycles. The molecule has 2 heteroatoms. The van der Waals surface area contributed by atoms with Crippen LogP contribution >= 0.6 is 0 Å². The molecule has 0 aromatic carbocycles. The van der Waals surface area contributed by atoms with Crippen molar-refractivity contribution in [3.63, 3.8) is 0 Å². The fraction of sp³-hybridized carbons (Fsp3) is 0.941. The fourth-order valence-corrected chi connectivity index (χ4v) is 5.75. The van der Waals surface area contributed by atoms with Crippen molar-refractivity contribution < 1.29 is 4.79 Å². The SMILES string of the molecule is O=C1C[C@H]2CCC[C@@H](C1)N2[C@H]1C[C@@H]2CCC[C@@H](C2)C1. The van der Waals surface area contributed by atoms with Crippen LogP contribution < -0.4 is 0 Å². The molecule has 106 valence electrons. The van der Waals surface area contributed by atoms with Gasteiger partial charge >= 0.3 is 0 Å². The summed E-state index contributed by atoms with van der Waals surface area (Å²) in [5.74, 6) is 2.56. The molecule has 0 amide bonds. The van der Waals surface area contributed by atoms with Gasteiger partial charge in [-0.3, -0.25) is 9.69 Å². The first-order valence-corrected chi connectivity index (χ1v) is 8.58. The molecule has 4 aliphatic rings. The Kier molecular flexibility index (Phi) is 3.17. The maximum atomic E-state index is 11.9. The van der Waals surface area contributed by atoms with E-state index in [0.717, 1.165) is 30.7 Å². The van der Waals surface area contributed by atoms with Gasteiger partial charge in [-0.1, -0.05) is 25.7 Å². The van der Waals surface area contributed by atoms with Crippen LogP contribution in [0.5, 0.6) is 0 Å². The third kappa shape index (κ3) is 2.26. The third-order valence-corrected chi connectivity index (χ3v) is 6.37. The van der Waals surface area contributed by atoms with Gasteiger partial charge in [0, 0.05) is 31.0 Å². The largest absolute Gasteiger partial charge is 0.300 e. The number of fused-ring (bicyclic) bond motifs is 4. The number of Topliss-reactive ketones (excluding diaryl/α,β-unsaturated/α-hetero) is 1. The molecule has 2 aliphatic heterocycles. The lowest BCUT2D eigenvalue weighted by Gasteiger charge is -2.53. The smallest absolute Gasteiger partial charge is 0.136 e. The highest BCUT2D eigenvalue weighted by atomic mass is 16.1. The van der Waals surface area contributed by atoms with Crippen molar-refractivity contribution >= 4 is 5.78 Å². The van der Waals surface area contributed by atoms with Gasteiger partial charge in [-0.25, -0.2) is 0 Å². The lowest BCUT2D eigenvalue weighted by atomic mass is 9.68. The molecule has 2 saturated heterocycles. The summed E-state index contributed by atoms with van der Waals surface area (Å²) in [6, 6.07) is 2.06. The van der Waals surface area contributed by atoms with E-state index in [-0.39, 0.29) is 0 Å². The maximum absolute atomic E-state index is 11.9. The Bertz CT molecular complexity index is 338. The Labute approximate surface area is 116 Å². The Hall–Kier alpha value is -0.370. The number of piperidine rings is 2. The first-order valence-electron chi connectivity index (χ1n) is 8.58. The first kappa shape index (κ1) is 12.4. The first-order chi connectivity index (χ1) is 9.29. The van der Waals surface area contributed by atoms with Crippen molar-refractivity contribution in [2.45, 2.75) is 88.8 Å². The second-order valence-corrected chi connectivity index (χ2v) is 7.66. The van der Waals surface area contributed by atoms with Crippen molar-refractivity contribution in [1.29, 1.82) is 0 Å². The molecule has 0 unspecified atom stereocenters. The van der Waals surface area contributed by atoms with E-state index in [2.05, 4.69) is 4.90 Å². The van der Waals surface area contributed by atoms with Gasteiger partial charge in [-0.2, -0.15) is 0 Å². The summed E-state index contributed by atoms with van der Waals surface area (Å²) in [7, 11) is 0. The molecule has 0 aromatic rings. The zero-order valence-electron chi connectivity index (χ0n) is 12.0. The number of nitrogens with zero attached hydrogens (tertiary/aromatic N) is 1. The molecule has 4 fully saturated rings. The van der Waals surface area contributed by atoms with E-state index >= 15 is 0 Å². The van der Waals surface area contributed by atoms with E-state index in [0.29, 0.717) is 17.9 Å². The van der Waals surface area contributed by atoms with E-state index in [9.17, 15) is 4.79 Å². The Balaban J connectivity index is 1.53. The fourth-order valence-electron chi connectivity index (χ4n) is 5.75. The van der Waals surface area contributed by atoms with Crippen LogP contribution in [0.2, 0.25) is 0 Å². The molecule has 2 aliphatic carbocycles. The highest BCUT2D eigenvalue weighted by Gasteiger charge is 2.44. The summed E-state index contributed by atoms with van der Waals surface area (Å²) in [5.41, 5.74) is 0. The Morgan fingerprint density at radius 1 is 0.737 bits per heavy atom. The predicted molar refractivity (Wildman–Crippen MR) is 76.0 cm³/mol. The van der Waals surface area contributed by atoms with Crippen LogP contribution in [0.15, 0.2) is 0 Å². The van der Waals surface area contributed by atoms with E-state index in [1.807, 2.05) is 0 Å². The lowest BCUT2D eigenvalue weighted by molar-refractivity contribution is -0.130. The lowest BCUT2D eigenvalue weighted by Crippen LogP contribution is -2.58. The number of carbonyl (C=O) groups is 1. The summed E-state index contributed by atoms with van der Waals surface area (Å²) in [6.45, 7) is 0. The van der Waals surface area contributed by atoms with Gasteiger partial charge in [0.2, 0.25) is 0 Å². The number of hydrogen-bond donors (Lipinski definition) is 0. The van der Waals surface area contributed by atoms with Gasteiger partial charge in [-0.05, 0) is 43.9 Å². The molecular weight excluding hydrogens is 234 g/mol. The molecule has 2 nitrogen and oxygen atoms in total. The Morgan fingerprint density at radius 2 is 1.32 bits per heavy atom. The number of ketones is 1. The summed E-state index contributed by atoms with van der Waals surface area (Å²) in [4.78, 5) is 14.7. The number of carbonyl (C=O) groups excluding carboxylic acids is 1. The van der Waals surface area contributed by atoms with E-state index < -0.39 is 0 Å². The van der Waals surface area contributed by atoms with Crippen molar-refractivity contribution in [2.24, 2.45) is 11.8 Å². The highest BCUT2D eigenvalue weighted by Crippen LogP contribution is 2.45. The van der Waals surface area contributed by atoms with Crippen LogP contribution in [0, 0.1) is 11.8 Å². The summed E-state index contributed by atoms with van der Waals surface area (Å²) in [6.07, 6.45) is 14.5. The maximum Gasteiger partial charge on any atom is 0.136 e. The summed E-state index contributed by atoms with van der Waals surface area (Å²) >= 11 is 0. The normalized spacial score (nSPS) is 47.2. The molecule has 19 heavy (non-hydrogen) atoms. The third-order valence-electron chi connectivity index (χ3n) is 6.37. The molecule has 0 N–H and O–H groups in total. The van der Waals surface area contributed by atoms with Gasteiger partial charge in [0.15, 0.2) is 0 Å². The van der Waals surface area contributed by atoms with Gasteiger partial charge in [0.25, 0.3) is 0 Å². The summed E-state index contributed by atoms with van der Waals surface area (Å²) in [5, 5.41) is 0. The predicted octanol–water partition coefficient (Wildman–Crippen LogP) is 3.54. The molecule has 4 rings (SSSR count). The van der Waals surface area contributed by atoms with Crippen LogP contribution in [0.4, 0.5) is 0 Å². The van der Waals surface area contributed by atoms with Gasteiger partial charge < -0.3 is 0 Å². The molecule has 0 radical (unpaired) electrons. The van der Waals surface area contributed by atoms with Crippen LogP contribution in [-0.2, 0) is 4.79 Å². The quantitative estimate of drug-likeness (QED) is 0.719. The zero-order valence-corrected chi connectivity index (χ0v) is 12.0. The van der Waals surface area contributed by atoms with Gasteiger partial charge in [-0.15, -0.1) is 0 Å². The molecular formula is C17H27NO. The van der Waals surface area contributed by atoms with E-state index in [4.69, 9.17) is 0 Å². The average Bonchev–Trinajstić information content (AvgIpc) is 2.37. The average molecular weight is 261 g/mol. The standard InChI is InChI=1S/C17H27NO/c19-17-10-14-5-2-6-15(11-17)18(14)16-8-12-3-1-4-13(7-12)9-16/h12-16H,1-11H2/t12-,13+,14-,15+,16+. The second kappa shape index (κ2) is 4.87. The topological polar surface area (TPSA) is 20.3 Å². The van der Waals surface area contributed by atoms with Crippen molar-refractivity contribution in [1.82, 2.24) is 4.90 Å². The van der Waals surface area contributed by atoms with E-state index in [1.54, 1.807) is 0 Å².